The molecule has 2 aromatic heterocycles. The smallest absolute Gasteiger partial charge is 0.259 e. The third kappa shape index (κ3) is 2.44. The van der Waals surface area contributed by atoms with Crippen LogP contribution < -0.4 is 5.56 Å². The number of fused-ring (bicyclic) bond motifs is 3. The summed E-state index contributed by atoms with van der Waals surface area (Å²) in [6, 6.07) is 7.13. The van der Waals surface area contributed by atoms with Crippen LogP contribution in [0.1, 0.15) is 10.4 Å². The van der Waals surface area contributed by atoms with Crippen LogP contribution in [0.2, 0.25) is 0 Å². The van der Waals surface area contributed by atoms with Crippen LogP contribution in [0.25, 0.3) is 16.6 Å². The number of benzene rings is 1. The van der Waals surface area contributed by atoms with Crippen LogP contribution >= 0.6 is 0 Å². The predicted molar refractivity (Wildman–Crippen MR) is 89.6 cm³/mol. The summed E-state index contributed by atoms with van der Waals surface area (Å²) in [5.74, 6) is -0.231. The van der Waals surface area contributed by atoms with E-state index in [0.717, 1.165) is 0 Å². The van der Waals surface area contributed by atoms with Crippen molar-refractivity contribution in [2.24, 2.45) is 0 Å². The van der Waals surface area contributed by atoms with Gasteiger partial charge in [-0.25, -0.2) is 4.52 Å². The molecule has 0 aliphatic rings. The molecular formula is C17H16N4O2. The summed E-state index contributed by atoms with van der Waals surface area (Å²) in [6.07, 6.45) is 4.76. The van der Waals surface area contributed by atoms with Crippen LogP contribution in [0.4, 0.5) is 0 Å². The third-order valence-electron chi connectivity index (χ3n) is 3.59. The summed E-state index contributed by atoms with van der Waals surface area (Å²) < 4.78 is 1.57. The van der Waals surface area contributed by atoms with E-state index in [-0.39, 0.29) is 11.5 Å². The van der Waals surface area contributed by atoms with Gasteiger partial charge in [0.2, 0.25) is 0 Å². The van der Waals surface area contributed by atoms with E-state index in [1.54, 1.807) is 39.8 Å². The van der Waals surface area contributed by atoms with Gasteiger partial charge in [0.15, 0.2) is 0 Å². The van der Waals surface area contributed by atoms with Crippen LogP contribution in [0.3, 0.4) is 0 Å². The molecule has 0 unspecified atom stereocenters. The molecule has 0 bridgehead atoms. The van der Waals surface area contributed by atoms with E-state index in [4.69, 9.17) is 0 Å². The van der Waals surface area contributed by atoms with E-state index in [2.05, 4.69) is 23.2 Å². The molecule has 0 saturated carbocycles. The van der Waals surface area contributed by atoms with Crippen molar-refractivity contribution in [3.63, 3.8) is 0 Å². The lowest BCUT2D eigenvalue weighted by Gasteiger charge is -2.18. The molecule has 1 N–H and O–H groups in total. The van der Waals surface area contributed by atoms with Crippen LogP contribution in [-0.4, -0.2) is 38.5 Å². The first-order chi connectivity index (χ1) is 11.2. The summed E-state index contributed by atoms with van der Waals surface area (Å²) in [7, 11) is 0. The van der Waals surface area contributed by atoms with Crippen LogP contribution in [-0.2, 0) is 0 Å². The Bertz CT molecular complexity index is 958. The Hall–Kier alpha value is -3.15. The van der Waals surface area contributed by atoms with Gasteiger partial charge in [-0.05, 0) is 12.1 Å². The lowest BCUT2D eigenvalue weighted by molar-refractivity contribution is 0.0792. The van der Waals surface area contributed by atoms with Gasteiger partial charge in [-0.3, -0.25) is 9.59 Å². The molecule has 23 heavy (non-hydrogen) atoms. The van der Waals surface area contributed by atoms with Gasteiger partial charge in [0, 0.05) is 13.1 Å². The number of aromatic amines is 1. The summed E-state index contributed by atoms with van der Waals surface area (Å²) in [6.45, 7) is 8.09. The largest absolute Gasteiger partial charge is 0.331 e. The lowest BCUT2D eigenvalue weighted by Crippen LogP contribution is -2.31. The maximum Gasteiger partial charge on any atom is 0.259 e. The van der Waals surface area contributed by atoms with E-state index in [1.807, 2.05) is 6.07 Å². The quantitative estimate of drug-likeness (QED) is 0.733. The maximum atomic E-state index is 12.7. The minimum Gasteiger partial charge on any atom is -0.331 e. The normalized spacial score (nSPS) is 10.8. The number of hydrogen-bond acceptors (Lipinski definition) is 3. The Labute approximate surface area is 132 Å². The second-order valence-corrected chi connectivity index (χ2v) is 5.08. The number of aromatic nitrogens is 3. The molecule has 0 atom stereocenters. The third-order valence-corrected chi connectivity index (χ3v) is 3.59. The molecule has 3 aromatic rings. The number of carbonyl (C=O) groups excluding carboxylic acids is 1. The first-order valence-electron chi connectivity index (χ1n) is 7.17. The number of H-pyrrole nitrogens is 1. The average Bonchev–Trinajstić information content (AvgIpc) is 2.98. The molecule has 116 valence electrons. The van der Waals surface area contributed by atoms with E-state index < -0.39 is 0 Å². The Morgan fingerprint density at radius 2 is 1.96 bits per heavy atom. The number of amides is 1. The minimum absolute atomic E-state index is 0.231. The molecule has 0 aliphatic heterocycles. The Morgan fingerprint density at radius 1 is 1.26 bits per heavy atom. The number of nitrogens with one attached hydrogen (secondary N) is 1. The first kappa shape index (κ1) is 14.8. The predicted octanol–water partition coefficient (Wildman–Crippen LogP) is 1.99. The Balaban J connectivity index is 2.19. The zero-order valence-corrected chi connectivity index (χ0v) is 12.5. The van der Waals surface area contributed by atoms with Gasteiger partial charge in [-0.2, -0.15) is 5.10 Å². The highest BCUT2D eigenvalue weighted by Gasteiger charge is 2.20. The van der Waals surface area contributed by atoms with Crippen molar-refractivity contribution >= 4 is 22.5 Å². The Morgan fingerprint density at radius 3 is 2.65 bits per heavy atom. The number of carbonyl (C=O) groups is 1. The fourth-order valence-corrected chi connectivity index (χ4v) is 2.56. The maximum absolute atomic E-state index is 12.7. The fourth-order valence-electron chi connectivity index (χ4n) is 2.56. The molecule has 1 aromatic carbocycles. The van der Waals surface area contributed by atoms with Crippen LogP contribution in [0, 0.1) is 0 Å². The monoisotopic (exact) mass is 308 g/mol. The summed E-state index contributed by atoms with van der Waals surface area (Å²) >= 11 is 0. The minimum atomic E-state index is -0.248. The zero-order valence-electron chi connectivity index (χ0n) is 12.5. The van der Waals surface area contributed by atoms with Gasteiger partial charge >= 0.3 is 0 Å². The highest BCUT2D eigenvalue weighted by molar-refractivity contribution is 6.00. The second-order valence-electron chi connectivity index (χ2n) is 5.08. The molecule has 0 aliphatic carbocycles. The van der Waals surface area contributed by atoms with Crippen molar-refractivity contribution in [2.75, 3.05) is 13.1 Å². The van der Waals surface area contributed by atoms with Gasteiger partial charge in [-0.1, -0.05) is 24.3 Å². The van der Waals surface area contributed by atoms with Crippen molar-refractivity contribution in [1.29, 1.82) is 0 Å². The highest BCUT2D eigenvalue weighted by atomic mass is 16.2. The standard InChI is InChI=1S/C17H16N4O2/c1-3-9-20(10-4-2)17(23)13-11-18-21-14-8-6-5-7-12(14)16(22)19-15(13)21/h3-8,11H,1-2,9-10H2,(H,19,22). The van der Waals surface area contributed by atoms with Gasteiger partial charge in [0.1, 0.15) is 11.2 Å². The molecule has 2 heterocycles. The van der Waals surface area contributed by atoms with Gasteiger partial charge < -0.3 is 9.88 Å². The number of hydrogen-bond donors (Lipinski definition) is 1. The fraction of sp³-hybridized carbons (Fsp3) is 0.118. The van der Waals surface area contributed by atoms with E-state index in [1.165, 1.54) is 6.20 Å². The number of rotatable bonds is 5. The van der Waals surface area contributed by atoms with Gasteiger partial charge in [-0.15, -0.1) is 13.2 Å². The van der Waals surface area contributed by atoms with Crippen LogP contribution in [0.5, 0.6) is 0 Å². The van der Waals surface area contributed by atoms with Crippen LogP contribution in [0.15, 0.2) is 60.6 Å². The molecule has 0 radical (unpaired) electrons. The molecule has 0 saturated heterocycles. The molecule has 6 heteroatoms. The zero-order chi connectivity index (χ0) is 16.4. The molecular weight excluding hydrogens is 292 g/mol. The van der Waals surface area contributed by atoms with Crippen molar-refractivity contribution in [3.8, 4) is 0 Å². The lowest BCUT2D eigenvalue weighted by atomic mass is 10.2. The van der Waals surface area contributed by atoms with E-state index >= 15 is 0 Å². The molecule has 6 nitrogen and oxygen atoms in total. The van der Waals surface area contributed by atoms with Crippen molar-refractivity contribution in [3.05, 3.63) is 71.7 Å². The van der Waals surface area contributed by atoms with Gasteiger partial charge in [0.05, 0.1) is 17.1 Å². The topological polar surface area (TPSA) is 70.5 Å². The first-order valence-corrected chi connectivity index (χ1v) is 7.17. The van der Waals surface area contributed by atoms with Crippen molar-refractivity contribution < 1.29 is 4.79 Å². The van der Waals surface area contributed by atoms with Gasteiger partial charge in [0.25, 0.3) is 11.5 Å². The number of nitrogens with zero attached hydrogens (tertiary/aromatic N) is 3. The molecule has 3 rings (SSSR count). The second kappa shape index (κ2) is 5.92. The summed E-state index contributed by atoms with van der Waals surface area (Å²) in [5, 5.41) is 4.78. The van der Waals surface area contributed by atoms with E-state index in [0.29, 0.717) is 35.2 Å². The Kier molecular flexibility index (Phi) is 3.80. The summed E-state index contributed by atoms with van der Waals surface area (Å²) in [4.78, 5) is 29.3. The molecule has 1 amide bonds. The molecule has 0 spiro atoms. The highest BCUT2D eigenvalue weighted by Crippen LogP contribution is 2.15. The van der Waals surface area contributed by atoms with E-state index in [9.17, 15) is 9.59 Å². The summed E-state index contributed by atoms with van der Waals surface area (Å²) in [5.41, 5.74) is 1.14. The SMILES string of the molecule is C=CCN(CC=C)C(=O)c1cnn2c1[nH]c(=O)c1ccccc12. The average molecular weight is 308 g/mol. The molecule has 0 fully saturated rings. The van der Waals surface area contributed by atoms with Crippen molar-refractivity contribution in [2.45, 2.75) is 0 Å². The number of para-hydroxylation sites is 1. The van der Waals surface area contributed by atoms with Crippen molar-refractivity contribution in [1.82, 2.24) is 19.5 Å².